The van der Waals surface area contributed by atoms with Gasteiger partial charge in [-0.1, -0.05) is 133 Å². The molecule has 0 unspecified atom stereocenters. The Morgan fingerprint density at radius 1 is 0.413 bits per heavy atom. The van der Waals surface area contributed by atoms with Crippen LogP contribution < -0.4 is 14.7 Å². The first-order chi connectivity index (χ1) is 31.1. The van der Waals surface area contributed by atoms with Gasteiger partial charge >= 0.3 is 0 Å². The van der Waals surface area contributed by atoms with Gasteiger partial charge in [-0.15, -0.1) is 0 Å². The third kappa shape index (κ3) is 6.22. The molecule has 2 aliphatic heterocycles. The number of aromatic nitrogens is 1. The van der Waals surface area contributed by atoms with E-state index in [2.05, 4.69) is 197 Å². The van der Waals surface area contributed by atoms with Gasteiger partial charge in [0, 0.05) is 33.3 Å². The number of nitrogens with zero attached hydrogens (tertiary/aromatic N) is 6. The molecule has 63 heavy (non-hydrogen) atoms. The summed E-state index contributed by atoms with van der Waals surface area (Å²) in [5.41, 5.74) is 11.7. The molecule has 0 amide bonds. The van der Waals surface area contributed by atoms with Crippen LogP contribution in [-0.2, 0) is 5.41 Å². The number of hydrogen-bond acceptors (Lipinski definition) is 7. The van der Waals surface area contributed by atoms with Crippen molar-refractivity contribution in [3.8, 4) is 12.1 Å². The second-order valence-electron chi connectivity index (χ2n) is 15.4. The second kappa shape index (κ2) is 15.6. The number of pyridine rings is 1. The molecule has 0 saturated heterocycles. The van der Waals surface area contributed by atoms with Crippen molar-refractivity contribution in [2.75, 3.05) is 14.7 Å². The Kier molecular flexibility index (Phi) is 9.31. The van der Waals surface area contributed by atoms with E-state index in [0.29, 0.717) is 11.1 Å². The van der Waals surface area contributed by atoms with Crippen LogP contribution in [0.25, 0.3) is 0 Å². The fourth-order valence-electron chi connectivity index (χ4n) is 9.27. The zero-order chi connectivity index (χ0) is 42.3. The van der Waals surface area contributed by atoms with Crippen molar-refractivity contribution in [2.45, 2.75) is 15.2 Å². The van der Waals surface area contributed by atoms with Gasteiger partial charge in [-0.3, -0.25) is 9.80 Å². The van der Waals surface area contributed by atoms with Crippen LogP contribution in [-0.4, -0.2) is 4.98 Å². The minimum atomic E-state index is -0.647. The molecule has 0 bridgehead atoms. The van der Waals surface area contributed by atoms with E-state index in [0.717, 1.165) is 72.4 Å². The van der Waals surface area contributed by atoms with Crippen molar-refractivity contribution < 1.29 is 0 Å². The van der Waals surface area contributed by atoms with E-state index >= 15 is 0 Å². The van der Waals surface area contributed by atoms with Crippen molar-refractivity contribution in [1.82, 2.24) is 4.98 Å². The van der Waals surface area contributed by atoms with Crippen LogP contribution in [0.1, 0.15) is 33.4 Å². The molecule has 0 N–H and O–H groups in total. The summed E-state index contributed by atoms with van der Waals surface area (Å²) in [5, 5.41) is 19.6. The van der Waals surface area contributed by atoms with Gasteiger partial charge in [0.1, 0.15) is 11.6 Å². The van der Waals surface area contributed by atoms with Crippen LogP contribution in [0.5, 0.6) is 0 Å². The van der Waals surface area contributed by atoms with Gasteiger partial charge in [0.2, 0.25) is 0 Å². The molecule has 7 heteroatoms. The Balaban J connectivity index is 1.22. The molecule has 1 aromatic heterocycles. The molecule has 2 aliphatic rings. The SMILES string of the molecule is N#Cc1ccc(N(c2ccc(C#N)cc2)c2cc(N3c4ccccc4Sc4ccccc43)nc(N3c4ccccc4C(c4ccccc4)(c4ccccc4)c4ccccc43)c2)cc1. The fourth-order valence-corrected chi connectivity index (χ4v) is 10.3. The maximum Gasteiger partial charge on any atom is 0.142 e. The molecular formula is C56H36N6S. The smallest absolute Gasteiger partial charge is 0.142 e. The van der Waals surface area contributed by atoms with Gasteiger partial charge in [0.15, 0.2) is 0 Å². The van der Waals surface area contributed by atoms with Crippen LogP contribution in [0.3, 0.4) is 0 Å². The van der Waals surface area contributed by atoms with Crippen molar-refractivity contribution in [1.29, 1.82) is 10.5 Å². The van der Waals surface area contributed by atoms with E-state index in [1.807, 2.05) is 48.5 Å². The number of hydrogen-bond donors (Lipinski definition) is 0. The quantitative estimate of drug-likeness (QED) is 0.158. The maximum atomic E-state index is 9.81. The maximum absolute atomic E-state index is 9.81. The molecule has 0 atom stereocenters. The van der Waals surface area contributed by atoms with Gasteiger partial charge in [-0.2, -0.15) is 10.5 Å². The predicted octanol–water partition coefficient (Wildman–Crippen LogP) is 14.4. The topological polar surface area (TPSA) is 70.2 Å². The average molecular weight is 825 g/mol. The van der Waals surface area contributed by atoms with Gasteiger partial charge in [-0.25, -0.2) is 4.98 Å². The lowest BCUT2D eigenvalue weighted by molar-refractivity contribution is 0.730. The van der Waals surface area contributed by atoms with Gasteiger partial charge in [-0.05, 0) is 107 Å². The average Bonchev–Trinajstić information content (AvgIpc) is 3.35. The van der Waals surface area contributed by atoms with Crippen molar-refractivity contribution >= 4 is 63.2 Å². The second-order valence-corrected chi connectivity index (χ2v) is 16.5. The highest BCUT2D eigenvalue weighted by atomic mass is 32.2. The summed E-state index contributed by atoms with van der Waals surface area (Å²) in [6.45, 7) is 0. The largest absolute Gasteiger partial charge is 0.310 e. The van der Waals surface area contributed by atoms with E-state index in [4.69, 9.17) is 4.98 Å². The molecular weight excluding hydrogens is 789 g/mol. The first-order valence-electron chi connectivity index (χ1n) is 20.7. The van der Waals surface area contributed by atoms with Gasteiger partial charge < -0.3 is 4.90 Å². The summed E-state index contributed by atoms with van der Waals surface area (Å²) in [6.07, 6.45) is 0. The Morgan fingerprint density at radius 2 is 0.794 bits per heavy atom. The summed E-state index contributed by atoms with van der Waals surface area (Å²) in [4.78, 5) is 14.7. The Bertz CT molecular complexity index is 3050. The Hall–Kier alpha value is -8.36. The van der Waals surface area contributed by atoms with E-state index < -0.39 is 5.41 Å². The number of nitriles is 2. The first kappa shape index (κ1) is 37.6. The van der Waals surface area contributed by atoms with Crippen LogP contribution in [0.2, 0.25) is 0 Å². The lowest BCUT2D eigenvalue weighted by Crippen LogP contribution is -2.38. The predicted molar refractivity (Wildman–Crippen MR) is 254 cm³/mol. The van der Waals surface area contributed by atoms with Crippen molar-refractivity contribution in [2.24, 2.45) is 0 Å². The van der Waals surface area contributed by atoms with E-state index in [-0.39, 0.29) is 0 Å². The summed E-state index contributed by atoms with van der Waals surface area (Å²) in [5.74, 6) is 1.45. The van der Waals surface area contributed by atoms with Gasteiger partial charge in [0.25, 0.3) is 0 Å². The van der Waals surface area contributed by atoms with Crippen molar-refractivity contribution in [3.63, 3.8) is 0 Å². The number of fused-ring (bicyclic) bond motifs is 4. The standard InChI is InChI=1S/C56H36N6S/c57-37-39-27-31-43(32-28-39)60(44-33-29-40(38-58)30-34-44)45-35-54(59-55(36-45)62-50-23-11-13-25-52(50)63-53-26-14-12-24-51(53)62)61-48-21-9-7-19-46(48)56(41-15-3-1-4-16-41,42-17-5-2-6-18-42)47-20-8-10-22-49(47)61/h1-36H. The summed E-state index contributed by atoms with van der Waals surface area (Å²) < 4.78 is 0. The summed E-state index contributed by atoms with van der Waals surface area (Å²) >= 11 is 1.76. The third-order valence-corrected chi connectivity index (χ3v) is 13.1. The van der Waals surface area contributed by atoms with E-state index in [1.54, 1.807) is 11.8 Å². The first-order valence-corrected chi connectivity index (χ1v) is 21.6. The highest BCUT2D eigenvalue weighted by molar-refractivity contribution is 7.99. The Morgan fingerprint density at radius 3 is 1.24 bits per heavy atom. The molecule has 11 rings (SSSR count). The lowest BCUT2D eigenvalue weighted by Gasteiger charge is -2.46. The van der Waals surface area contributed by atoms with E-state index in [1.165, 1.54) is 11.1 Å². The summed E-state index contributed by atoms with van der Waals surface area (Å²) in [6, 6.07) is 80.1. The number of benzene rings is 8. The normalized spacial score (nSPS) is 13.0. The number of para-hydroxylation sites is 4. The van der Waals surface area contributed by atoms with Crippen LogP contribution in [0, 0.1) is 22.7 Å². The highest BCUT2D eigenvalue weighted by Gasteiger charge is 2.46. The molecule has 0 aliphatic carbocycles. The highest BCUT2D eigenvalue weighted by Crippen LogP contribution is 2.58. The zero-order valence-electron chi connectivity index (χ0n) is 33.9. The van der Waals surface area contributed by atoms with Crippen LogP contribution in [0.4, 0.5) is 51.4 Å². The lowest BCUT2D eigenvalue weighted by atomic mass is 9.62. The Labute approximate surface area is 370 Å². The number of anilines is 9. The van der Waals surface area contributed by atoms with Gasteiger partial charge in [0.05, 0.1) is 57.1 Å². The minimum absolute atomic E-state index is 0.565. The molecule has 0 saturated carbocycles. The van der Waals surface area contributed by atoms with Crippen molar-refractivity contribution in [3.05, 3.63) is 252 Å². The molecule has 3 heterocycles. The minimum Gasteiger partial charge on any atom is -0.310 e. The molecule has 0 radical (unpaired) electrons. The molecule has 6 nitrogen and oxygen atoms in total. The molecule has 0 fully saturated rings. The van der Waals surface area contributed by atoms with Crippen LogP contribution >= 0.6 is 11.8 Å². The molecule has 0 spiro atoms. The number of rotatable bonds is 7. The fraction of sp³-hybridized carbons (Fsp3) is 0.0179. The monoisotopic (exact) mass is 824 g/mol. The molecule has 296 valence electrons. The summed E-state index contributed by atoms with van der Waals surface area (Å²) in [7, 11) is 0. The van der Waals surface area contributed by atoms with E-state index in [9.17, 15) is 10.5 Å². The molecule has 9 aromatic rings. The van der Waals surface area contributed by atoms with Crippen LogP contribution in [0.15, 0.2) is 228 Å². The molecule has 8 aromatic carbocycles. The third-order valence-electron chi connectivity index (χ3n) is 12.0. The zero-order valence-corrected chi connectivity index (χ0v) is 34.7.